The van der Waals surface area contributed by atoms with E-state index in [1.165, 1.54) is 0 Å². The maximum absolute atomic E-state index is 10.7. The van der Waals surface area contributed by atoms with Crippen LogP contribution in [-0.4, -0.2) is 16.1 Å². The zero-order chi connectivity index (χ0) is 10.9. The van der Waals surface area contributed by atoms with Crippen molar-refractivity contribution < 1.29 is 9.21 Å². The first-order valence-electron chi connectivity index (χ1n) is 4.21. The molecule has 0 bridgehead atoms. The van der Waals surface area contributed by atoms with E-state index in [9.17, 15) is 4.79 Å². The Kier molecular flexibility index (Phi) is 2.57. The maximum atomic E-state index is 10.7. The van der Waals surface area contributed by atoms with Crippen LogP contribution in [0.5, 0.6) is 0 Å². The molecule has 0 fully saturated rings. The van der Waals surface area contributed by atoms with Crippen LogP contribution in [-0.2, 0) is 0 Å². The van der Waals surface area contributed by atoms with E-state index >= 15 is 0 Å². The Morgan fingerprint density at radius 2 is 2.00 bits per heavy atom. The predicted octanol–water partition coefficient (Wildman–Crippen LogP) is 0.214. The first-order chi connectivity index (χ1) is 6.32. The van der Waals surface area contributed by atoms with Crippen LogP contribution in [0.3, 0.4) is 0 Å². The highest BCUT2D eigenvalue weighted by atomic mass is 16.4. The predicted molar refractivity (Wildman–Crippen MR) is 49.2 cm³/mol. The topological polar surface area (TPSA) is 108 Å². The van der Waals surface area contributed by atoms with Gasteiger partial charge in [-0.3, -0.25) is 4.79 Å². The summed E-state index contributed by atoms with van der Waals surface area (Å²) < 4.78 is 5.01. The highest BCUT2D eigenvalue weighted by Gasteiger charge is 2.27. The lowest BCUT2D eigenvalue weighted by Crippen LogP contribution is -2.26. The molecule has 0 aliphatic heterocycles. The molecule has 78 valence electrons. The van der Waals surface area contributed by atoms with Crippen LogP contribution in [0.25, 0.3) is 0 Å². The van der Waals surface area contributed by atoms with E-state index in [2.05, 4.69) is 10.2 Å². The lowest BCUT2D eigenvalue weighted by molar-refractivity contribution is 0.0963. The SMILES string of the molecule is CC(C)(C)C(N)c1nnc(C(N)=O)o1. The normalized spacial score (nSPS) is 14.0. The Labute approximate surface area is 81.7 Å². The Morgan fingerprint density at radius 1 is 1.43 bits per heavy atom. The smallest absolute Gasteiger partial charge is 0.306 e. The van der Waals surface area contributed by atoms with E-state index in [0.717, 1.165) is 0 Å². The van der Waals surface area contributed by atoms with Crippen LogP contribution in [0.15, 0.2) is 4.42 Å². The highest BCUT2D eigenvalue weighted by Crippen LogP contribution is 2.29. The quantitative estimate of drug-likeness (QED) is 0.706. The van der Waals surface area contributed by atoms with Gasteiger partial charge >= 0.3 is 11.8 Å². The molecule has 1 aromatic rings. The lowest BCUT2D eigenvalue weighted by Gasteiger charge is -2.23. The van der Waals surface area contributed by atoms with Gasteiger partial charge in [-0.2, -0.15) is 0 Å². The summed E-state index contributed by atoms with van der Waals surface area (Å²) >= 11 is 0. The summed E-state index contributed by atoms with van der Waals surface area (Å²) in [7, 11) is 0. The first kappa shape index (κ1) is 10.6. The van der Waals surface area contributed by atoms with Crippen molar-refractivity contribution in [1.82, 2.24) is 10.2 Å². The first-order valence-corrected chi connectivity index (χ1v) is 4.21. The van der Waals surface area contributed by atoms with Crippen LogP contribution in [0.1, 0.15) is 43.4 Å². The van der Waals surface area contributed by atoms with Crippen LogP contribution >= 0.6 is 0 Å². The largest absolute Gasteiger partial charge is 0.415 e. The Hall–Kier alpha value is -1.43. The molecule has 0 radical (unpaired) electrons. The molecule has 4 N–H and O–H groups in total. The van der Waals surface area contributed by atoms with Gasteiger partial charge in [0.15, 0.2) is 0 Å². The minimum absolute atomic E-state index is 0.207. The number of hydrogen-bond acceptors (Lipinski definition) is 5. The van der Waals surface area contributed by atoms with Gasteiger partial charge in [0.25, 0.3) is 0 Å². The van der Waals surface area contributed by atoms with E-state index in [-0.39, 0.29) is 17.2 Å². The number of amides is 1. The van der Waals surface area contributed by atoms with Crippen molar-refractivity contribution in [2.45, 2.75) is 26.8 Å². The fraction of sp³-hybridized carbons (Fsp3) is 0.625. The fourth-order valence-corrected chi connectivity index (χ4v) is 0.830. The molecule has 0 aliphatic carbocycles. The second kappa shape index (κ2) is 3.38. The standard InChI is InChI=1S/C8H14N4O2/c1-8(2,3)4(9)6-11-12-7(14-6)5(10)13/h4H,9H2,1-3H3,(H2,10,13). The Bertz CT molecular complexity index is 339. The molecule has 1 amide bonds. The van der Waals surface area contributed by atoms with Crippen molar-refractivity contribution >= 4 is 5.91 Å². The van der Waals surface area contributed by atoms with Crippen molar-refractivity contribution in [1.29, 1.82) is 0 Å². The molecular formula is C8H14N4O2. The van der Waals surface area contributed by atoms with E-state index in [1.807, 2.05) is 20.8 Å². The van der Waals surface area contributed by atoms with E-state index in [4.69, 9.17) is 15.9 Å². The van der Waals surface area contributed by atoms with Gasteiger partial charge in [0.05, 0.1) is 6.04 Å². The second-order valence-corrected chi connectivity index (χ2v) is 4.15. The molecule has 1 unspecified atom stereocenters. The summed E-state index contributed by atoms with van der Waals surface area (Å²) in [6.45, 7) is 5.81. The van der Waals surface area contributed by atoms with Crippen LogP contribution < -0.4 is 11.5 Å². The molecule has 0 saturated heterocycles. The average molecular weight is 198 g/mol. The van der Waals surface area contributed by atoms with Gasteiger partial charge in [0.1, 0.15) is 0 Å². The number of carbonyl (C=O) groups is 1. The lowest BCUT2D eigenvalue weighted by atomic mass is 9.87. The summed E-state index contributed by atoms with van der Waals surface area (Å²) in [5, 5.41) is 7.14. The Balaban J connectivity index is 2.92. The molecule has 14 heavy (non-hydrogen) atoms. The van der Waals surface area contributed by atoms with Gasteiger partial charge < -0.3 is 15.9 Å². The number of aromatic nitrogens is 2. The minimum Gasteiger partial charge on any atom is -0.415 e. The zero-order valence-corrected chi connectivity index (χ0v) is 8.44. The third kappa shape index (κ3) is 2.08. The summed E-state index contributed by atoms with van der Waals surface area (Å²) in [5.41, 5.74) is 10.6. The molecule has 0 spiro atoms. The Morgan fingerprint density at radius 3 is 2.36 bits per heavy atom. The summed E-state index contributed by atoms with van der Waals surface area (Å²) in [6, 6.07) is -0.414. The maximum Gasteiger partial charge on any atom is 0.306 e. The molecule has 1 rings (SSSR count). The van der Waals surface area contributed by atoms with Crippen LogP contribution in [0.4, 0.5) is 0 Å². The van der Waals surface area contributed by atoms with Crippen molar-refractivity contribution in [2.24, 2.45) is 16.9 Å². The van der Waals surface area contributed by atoms with Gasteiger partial charge in [-0.15, -0.1) is 10.2 Å². The van der Waals surface area contributed by atoms with E-state index in [0.29, 0.717) is 0 Å². The van der Waals surface area contributed by atoms with Crippen molar-refractivity contribution in [3.63, 3.8) is 0 Å². The fourth-order valence-electron chi connectivity index (χ4n) is 0.830. The van der Waals surface area contributed by atoms with Crippen molar-refractivity contribution in [3.8, 4) is 0 Å². The highest BCUT2D eigenvalue weighted by molar-refractivity contribution is 5.87. The zero-order valence-electron chi connectivity index (χ0n) is 8.44. The summed E-state index contributed by atoms with van der Waals surface area (Å²) in [6.07, 6.45) is 0. The van der Waals surface area contributed by atoms with Gasteiger partial charge in [-0.25, -0.2) is 0 Å². The molecule has 0 aliphatic rings. The van der Waals surface area contributed by atoms with Gasteiger partial charge in [-0.05, 0) is 5.41 Å². The van der Waals surface area contributed by atoms with Gasteiger partial charge in [0.2, 0.25) is 5.89 Å². The minimum atomic E-state index is -0.746. The van der Waals surface area contributed by atoms with Crippen molar-refractivity contribution in [2.75, 3.05) is 0 Å². The van der Waals surface area contributed by atoms with E-state index in [1.54, 1.807) is 0 Å². The molecule has 6 nitrogen and oxygen atoms in total. The third-order valence-corrected chi connectivity index (χ3v) is 1.85. The summed E-state index contributed by atoms with van der Waals surface area (Å²) in [5.74, 6) is -0.726. The third-order valence-electron chi connectivity index (χ3n) is 1.85. The number of nitrogens with zero attached hydrogens (tertiary/aromatic N) is 2. The number of primary amides is 1. The molecule has 1 heterocycles. The number of hydrogen-bond donors (Lipinski definition) is 2. The molecule has 1 atom stereocenters. The summed E-state index contributed by atoms with van der Waals surface area (Å²) in [4.78, 5) is 10.7. The number of nitrogens with two attached hydrogens (primary N) is 2. The molecule has 1 aromatic heterocycles. The van der Waals surface area contributed by atoms with Crippen molar-refractivity contribution in [3.05, 3.63) is 11.8 Å². The van der Waals surface area contributed by atoms with Gasteiger partial charge in [0, 0.05) is 0 Å². The molecule has 0 aromatic carbocycles. The second-order valence-electron chi connectivity index (χ2n) is 4.15. The van der Waals surface area contributed by atoms with E-state index < -0.39 is 11.9 Å². The van der Waals surface area contributed by atoms with Crippen LogP contribution in [0, 0.1) is 5.41 Å². The molecule has 0 saturated carbocycles. The number of carbonyl (C=O) groups excluding carboxylic acids is 1. The molecular weight excluding hydrogens is 184 g/mol. The average Bonchev–Trinajstić information content (AvgIpc) is 2.48. The van der Waals surface area contributed by atoms with Gasteiger partial charge in [-0.1, -0.05) is 20.8 Å². The van der Waals surface area contributed by atoms with Crippen LogP contribution in [0.2, 0.25) is 0 Å². The number of rotatable bonds is 2. The monoisotopic (exact) mass is 198 g/mol. The molecule has 6 heteroatoms.